The Morgan fingerprint density at radius 2 is 0.846 bits per heavy atom. The Labute approximate surface area is 330 Å². The van der Waals surface area contributed by atoms with Crippen molar-refractivity contribution in [2.75, 3.05) is 5.32 Å². The fraction of sp³-hybridized carbons (Fsp3) is 0.659. The summed E-state index contributed by atoms with van der Waals surface area (Å²) in [6, 6.07) is 12.4. The van der Waals surface area contributed by atoms with Crippen molar-refractivity contribution >= 4 is 65.5 Å². The third-order valence-electron chi connectivity index (χ3n) is 10.8. The summed E-state index contributed by atoms with van der Waals surface area (Å²) in [4.78, 5) is 5.89. The molecule has 0 saturated heterocycles. The van der Waals surface area contributed by atoms with E-state index in [1.54, 1.807) is 16.7 Å². The Balaban J connectivity index is 3.23. The number of rotatable bonds is 15. The van der Waals surface area contributed by atoms with Crippen LogP contribution in [0.1, 0.15) is 96.7 Å². The summed E-state index contributed by atoms with van der Waals surface area (Å²) < 4.78 is 0. The molecule has 0 aliphatic rings. The summed E-state index contributed by atoms with van der Waals surface area (Å²) in [5.41, 5.74) is 12.6. The normalized spacial score (nSPS) is 14.9. The number of hydrogen-bond acceptors (Lipinski definition) is 2. The summed E-state index contributed by atoms with van der Waals surface area (Å²) in [6.07, 6.45) is 2.33. The lowest BCUT2D eigenvalue weighted by molar-refractivity contribution is 0.837. The molecule has 8 heteroatoms. The van der Waals surface area contributed by atoms with Gasteiger partial charge in [-0.3, -0.25) is 4.99 Å². The van der Waals surface area contributed by atoms with Gasteiger partial charge in [-0.25, -0.2) is 0 Å². The second-order valence-electron chi connectivity index (χ2n) is 23.4. The molecule has 0 fully saturated rings. The summed E-state index contributed by atoms with van der Waals surface area (Å²) in [5.74, 6) is 0.896. The molecule has 0 saturated carbocycles. The van der Waals surface area contributed by atoms with Crippen LogP contribution in [-0.4, -0.2) is 54.2 Å². The molecule has 0 bridgehead atoms. The van der Waals surface area contributed by atoms with Gasteiger partial charge in [0.1, 0.15) is 0 Å². The Morgan fingerprint density at radius 1 is 0.519 bits per heavy atom. The first-order valence-electron chi connectivity index (χ1n) is 20.4. The van der Waals surface area contributed by atoms with Crippen LogP contribution in [0, 0.1) is 0 Å². The number of nitrogens with zero attached hydrogens (tertiary/aromatic N) is 1. The molecule has 0 radical (unpaired) electrons. The van der Waals surface area contributed by atoms with Gasteiger partial charge in [-0.05, 0) is 75.1 Å². The second-order valence-corrected chi connectivity index (χ2v) is 57.0. The molecule has 0 aliphatic heterocycles. The van der Waals surface area contributed by atoms with E-state index in [1.165, 1.54) is 22.5 Å². The topological polar surface area (TPSA) is 24.4 Å². The predicted octanol–water partition coefficient (Wildman–Crippen LogP) is 15.6. The molecule has 0 unspecified atom stereocenters. The van der Waals surface area contributed by atoms with Gasteiger partial charge in [0.2, 0.25) is 0 Å². The summed E-state index contributed by atoms with van der Waals surface area (Å²) in [7, 11) is -9.69. The maximum absolute atomic E-state index is 5.89. The Kier molecular flexibility index (Phi) is 15.0. The molecule has 2 aromatic rings. The van der Waals surface area contributed by atoms with Crippen LogP contribution in [0.25, 0.3) is 0 Å². The first-order valence-corrected chi connectivity index (χ1v) is 41.9. The van der Waals surface area contributed by atoms with Crippen molar-refractivity contribution in [2.24, 2.45) is 4.99 Å². The fourth-order valence-electron chi connectivity index (χ4n) is 10.7. The summed E-state index contributed by atoms with van der Waals surface area (Å²) in [5, 5.41) is 5.84. The van der Waals surface area contributed by atoms with Crippen molar-refractivity contribution in [1.82, 2.24) is 0 Å². The zero-order valence-corrected chi connectivity index (χ0v) is 44.8. The molecular weight excluding hydrogens is 725 g/mol. The van der Waals surface area contributed by atoms with Crippen molar-refractivity contribution in [2.45, 2.75) is 187 Å². The highest BCUT2D eigenvalue weighted by Gasteiger charge is 2.46. The highest BCUT2D eigenvalue weighted by atomic mass is 28.4. The number of anilines is 1. The summed E-state index contributed by atoms with van der Waals surface area (Å²) >= 11 is 0. The van der Waals surface area contributed by atoms with Gasteiger partial charge < -0.3 is 5.32 Å². The number of aliphatic imine (C=N–C) groups is 1. The minimum Gasteiger partial charge on any atom is -0.359 e. The number of allylic oxidation sites excluding steroid dienone is 2. The molecule has 1 N–H and O–H groups in total. The third-order valence-corrected chi connectivity index (χ3v) is 38.6. The molecule has 2 aromatic carbocycles. The number of hydrogen-bond donors (Lipinski definition) is 1. The van der Waals surface area contributed by atoms with Gasteiger partial charge in [-0.2, -0.15) is 0 Å². The van der Waals surface area contributed by atoms with Crippen LogP contribution < -0.4 is 5.32 Å². The van der Waals surface area contributed by atoms with Crippen LogP contribution >= 0.6 is 0 Å². The monoisotopic (exact) mass is 809 g/mol. The van der Waals surface area contributed by atoms with Gasteiger partial charge in [0.05, 0.1) is 5.69 Å². The maximum atomic E-state index is 5.89. The van der Waals surface area contributed by atoms with Crippen LogP contribution in [0.3, 0.4) is 0 Å². The maximum Gasteiger partial charge on any atom is 0.0691 e. The van der Waals surface area contributed by atoms with Gasteiger partial charge in [0.25, 0.3) is 0 Å². The Morgan fingerprint density at radius 3 is 1.13 bits per heavy atom. The van der Waals surface area contributed by atoms with E-state index in [2.05, 4.69) is 201 Å². The minimum atomic E-state index is -1.65. The van der Waals surface area contributed by atoms with E-state index >= 15 is 0 Å². The third kappa shape index (κ3) is 12.0. The van der Waals surface area contributed by atoms with E-state index in [4.69, 9.17) is 4.99 Å². The molecule has 52 heavy (non-hydrogen) atoms. The average Bonchev–Trinajstić information content (AvgIpc) is 2.85. The fourth-order valence-corrected chi connectivity index (χ4v) is 48.8. The molecule has 0 amide bonds. The van der Waals surface area contributed by atoms with Gasteiger partial charge in [-0.15, -0.1) is 0 Å². The molecule has 0 heterocycles. The van der Waals surface area contributed by atoms with Crippen LogP contribution in [0.4, 0.5) is 11.4 Å². The molecule has 0 aliphatic carbocycles. The van der Waals surface area contributed by atoms with E-state index in [-0.39, 0.29) is 0 Å². The van der Waals surface area contributed by atoms with Crippen LogP contribution in [-0.2, 0) is 0 Å². The van der Waals surface area contributed by atoms with Crippen LogP contribution in [0.2, 0.25) is 118 Å². The van der Waals surface area contributed by atoms with E-state index in [1.807, 2.05) is 0 Å². The number of benzene rings is 2. The lowest BCUT2D eigenvalue weighted by Crippen LogP contribution is -2.49. The zero-order chi connectivity index (χ0) is 40.7. The number of para-hydroxylation sites is 1. The second kappa shape index (κ2) is 16.6. The van der Waals surface area contributed by atoms with E-state index in [0.29, 0.717) is 27.3 Å². The van der Waals surface area contributed by atoms with Gasteiger partial charge in [0.15, 0.2) is 0 Å². The smallest absolute Gasteiger partial charge is 0.0691 e. The SMILES string of the molecule is CC(/C=C(\C)Nc1c(C(C)C)cccc1C(C)C)=Nc1c(C([Si](C)(C)C)[Si](C)(C)C)cc(C([Si](C)(C)C)[Si](C)(C)C)cc1C([Si](C)(C)C)[Si](C)(C)C. The highest BCUT2D eigenvalue weighted by Crippen LogP contribution is 2.50. The molecule has 2 rings (SSSR count). The Bertz CT molecular complexity index is 1470. The van der Waals surface area contributed by atoms with E-state index < -0.39 is 48.4 Å². The van der Waals surface area contributed by atoms with Crippen molar-refractivity contribution in [1.29, 1.82) is 0 Å². The average molecular weight is 810 g/mol. The van der Waals surface area contributed by atoms with Crippen molar-refractivity contribution in [3.63, 3.8) is 0 Å². The highest BCUT2D eigenvalue weighted by molar-refractivity contribution is 6.98. The number of nitrogens with one attached hydrogen (secondary N) is 1. The van der Waals surface area contributed by atoms with Crippen molar-refractivity contribution < 1.29 is 0 Å². The molecule has 0 aromatic heterocycles. The largest absolute Gasteiger partial charge is 0.359 e. The molecule has 0 atom stereocenters. The predicted molar refractivity (Wildman–Crippen MR) is 260 cm³/mol. The quantitative estimate of drug-likeness (QED) is 0.141. The summed E-state index contributed by atoms with van der Waals surface area (Å²) in [6.45, 7) is 61.2. The van der Waals surface area contributed by atoms with E-state index in [9.17, 15) is 0 Å². The molecule has 294 valence electrons. The minimum absolute atomic E-state index is 0.448. The van der Waals surface area contributed by atoms with E-state index in [0.717, 1.165) is 11.4 Å². The zero-order valence-electron chi connectivity index (χ0n) is 38.8. The molecular formula is C44H84N2Si6. The molecule has 2 nitrogen and oxygen atoms in total. The first kappa shape index (κ1) is 47.1. The standard InChI is InChI=1S/C44H84N2Si6/c1-31(2)36-26-25-27-37(32(3)4)40(36)45-33(5)28-34(6)46-41-38(43(49(13,14)15)50(16,17)18)29-35(42(47(7,8)9)48(10,11)12)30-39(41)44(51(19,20)21)52(22,23)24/h25-32,42-45H,1-24H3/b33-28+,46-34?. The van der Waals surface area contributed by atoms with Crippen LogP contribution in [0.15, 0.2) is 47.1 Å². The van der Waals surface area contributed by atoms with Gasteiger partial charge in [-0.1, -0.05) is 176 Å². The van der Waals surface area contributed by atoms with Crippen LogP contribution in [0.5, 0.6) is 0 Å². The lowest BCUT2D eigenvalue weighted by Gasteiger charge is -2.45. The first-order chi connectivity index (χ1) is 23.1. The van der Waals surface area contributed by atoms with Crippen molar-refractivity contribution in [3.8, 4) is 0 Å². The Hall–Kier alpha value is -1.05. The van der Waals surface area contributed by atoms with Gasteiger partial charge >= 0.3 is 0 Å². The van der Waals surface area contributed by atoms with Gasteiger partial charge in [0, 0.05) is 65.5 Å². The lowest BCUT2D eigenvalue weighted by atomic mass is 9.92. The van der Waals surface area contributed by atoms with Crippen molar-refractivity contribution in [3.05, 3.63) is 69.9 Å². The molecule has 0 spiro atoms.